The predicted octanol–water partition coefficient (Wildman–Crippen LogP) is 4.10. The number of aryl methyl sites for hydroxylation is 1. The van der Waals surface area contributed by atoms with Gasteiger partial charge in [0.2, 0.25) is 15.9 Å². The van der Waals surface area contributed by atoms with Gasteiger partial charge in [0, 0.05) is 22.9 Å². The fraction of sp³-hybridized carbons (Fsp3) is 0.231. The molecule has 0 saturated carbocycles. The zero-order valence-corrected chi connectivity index (χ0v) is 20.1. The number of nitrogens with two attached hydrogens (primary N) is 1. The Morgan fingerprint density at radius 2 is 1.74 bits per heavy atom. The van der Waals surface area contributed by atoms with E-state index < -0.39 is 27.9 Å². The Balaban J connectivity index is 1.61. The van der Waals surface area contributed by atoms with Crippen LogP contribution in [0.25, 0.3) is 16.6 Å². The number of fused-ring (bicyclic) bond motifs is 1. The number of amides is 1. The van der Waals surface area contributed by atoms with Gasteiger partial charge in [0.05, 0.1) is 29.2 Å². The van der Waals surface area contributed by atoms with Crippen molar-refractivity contribution in [1.29, 1.82) is 0 Å². The van der Waals surface area contributed by atoms with Crippen molar-refractivity contribution in [1.82, 2.24) is 9.78 Å². The summed E-state index contributed by atoms with van der Waals surface area (Å²) in [5, 5.41) is 10.7. The molecule has 4 aromatic rings. The lowest BCUT2D eigenvalue weighted by molar-refractivity contribution is -0.120. The van der Waals surface area contributed by atoms with Crippen LogP contribution in [0.5, 0.6) is 0 Å². The average Bonchev–Trinajstić information content (AvgIpc) is 3.33. The van der Waals surface area contributed by atoms with Gasteiger partial charge in [-0.25, -0.2) is 22.6 Å². The number of halogens is 1. The molecule has 1 amide bonds. The summed E-state index contributed by atoms with van der Waals surface area (Å²) >= 11 is 0. The smallest absolute Gasteiger partial charge is 0.230 e. The molecule has 0 unspecified atom stereocenters. The minimum atomic E-state index is -3.80. The van der Waals surface area contributed by atoms with Crippen molar-refractivity contribution >= 4 is 32.5 Å². The van der Waals surface area contributed by atoms with E-state index in [0.717, 1.165) is 22.0 Å². The fourth-order valence-corrected chi connectivity index (χ4v) is 6.01. The Hall–Kier alpha value is -3.56. The van der Waals surface area contributed by atoms with Crippen LogP contribution in [0.2, 0.25) is 0 Å². The van der Waals surface area contributed by atoms with Gasteiger partial charge in [-0.3, -0.25) is 4.79 Å². The number of benzene rings is 3. The van der Waals surface area contributed by atoms with Crippen LogP contribution in [0.3, 0.4) is 0 Å². The van der Waals surface area contributed by atoms with Crippen molar-refractivity contribution < 1.29 is 17.6 Å². The summed E-state index contributed by atoms with van der Waals surface area (Å²) in [6, 6.07) is 18.9. The SMILES string of the molecule is Cc1cccc([C@H]2[C@@H](CS(N)(=O)=O)[C@@H](C)C(=O)N2c2ccc3c(cnn3-c3ccc(F)cc3)c2)c1. The van der Waals surface area contributed by atoms with Crippen molar-refractivity contribution in [3.05, 3.63) is 89.9 Å². The first-order valence-corrected chi connectivity index (χ1v) is 13.0. The van der Waals surface area contributed by atoms with Gasteiger partial charge in [0.15, 0.2) is 0 Å². The third-order valence-electron chi connectivity index (χ3n) is 6.66. The van der Waals surface area contributed by atoms with Gasteiger partial charge in [-0.2, -0.15) is 5.10 Å². The average molecular weight is 493 g/mol. The second-order valence-corrected chi connectivity index (χ2v) is 10.8. The van der Waals surface area contributed by atoms with E-state index in [2.05, 4.69) is 5.10 Å². The summed E-state index contributed by atoms with van der Waals surface area (Å²) in [6.45, 7) is 3.71. The highest BCUT2D eigenvalue weighted by Gasteiger charge is 2.48. The first-order valence-electron chi connectivity index (χ1n) is 11.3. The minimum absolute atomic E-state index is 0.157. The first-order chi connectivity index (χ1) is 16.6. The van der Waals surface area contributed by atoms with Crippen LogP contribution in [0.1, 0.15) is 24.1 Å². The molecule has 1 saturated heterocycles. The fourth-order valence-electron chi connectivity index (χ4n) is 5.00. The van der Waals surface area contributed by atoms with Crippen LogP contribution in [-0.4, -0.2) is 29.9 Å². The quantitative estimate of drug-likeness (QED) is 0.453. The summed E-state index contributed by atoms with van der Waals surface area (Å²) in [7, 11) is -3.80. The number of hydrogen-bond donors (Lipinski definition) is 1. The first kappa shape index (κ1) is 23.2. The zero-order chi connectivity index (χ0) is 24.9. The third-order valence-corrected chi connectivity index (χ3v) is 7.51. The maximum absolute atomic E-state index is 13.5. The Bertz CT molecular complexity index is 1530. The van der Waals surface area contributed by atoms with Gasteiger partial charge in [0.1, 0.15) is 5.82 Å². The molecular formula is C26H25FN4O3S. The highest BCUT2D eigenvalue weighted by molar-refractivity contribution is 7.89. The molecule has 3 atom stereocenters. The number of carbonyl (C=O) groups is 1. The van der Waals surface area contributed by atoms with E-state index in [-0.39, 0.29) is 17.5 Å². The molecule has 0 aliphatic carbocycles. The topological polar surface area (TPSA) is 98.3 Å². The van der Waals surface area contributed by atoms with E-state index in [1.807, 2.05) is 49.4 Å². The van der Waals surface area contributed by atoms with E-state index in [9.17, 15) is 17.6 Å². The number of primary sulfonamides is 1. The maximum atomic E-state index is 13.5. The van der Waals surface area contributed by atoms with Crippen LogP contribution in [0.4, 0.5) is 10.1 Å². The van der Waals surface area contributed by atoms with Gasteiger partial charge < -0.3 is 4.90 Å². The van der Waals surface area contributed by atoms with Crippen molar-refractivity contribution in [2.24, 2.45) is 17.0 Å². The number of hydrogen-bond acceptors (Lipinski definition) is 4. The summed E-state index contributed by atoms with van der Waals surface area (Å²) in [5.41, 5.74) is 4.04. The van der Waals surface area contributed by atoms with Gasteiger partial charge in [-0.15, -0.1) is 0 Å². The van der Waals surface area contributed by atoms with Gasteiger partial charge in [0.25, 0.3) is 0 Å². The van der Waals surface area contributed by atoms with Crippen molar-refractivity contribution in [3.63, 3.8) is 0 Å². The molecule has 1 aromatic heterocycles. The maximum Gasteiger partial charge on any atom is 0.230 e. The summed E-state index contributed by atoms with van der Waals surface area (Å²) in [4.78, 5) is 15.2. The molecular weight excluding hydrogens is 467 g/mol. The molecule has 0 bridgehead atoms. The number of sulfonamides is 1. The van der Waals surface area contributed by atoms with Crippen molar-refractivity contribution in [3.8, 4) is 5.69 Å². The Morgan fingerprint density at radius 3 is 2.43 bits per heavy atom. The molecule has 2 N–H and O–H groups in total. The predicted molar refractivity (Wildman–Crippen MR) is 133 cm³/mol. The van der Waals surface area contributed by atoms with Crippen LogP contribution < -0.4 is 10.0 Å². The number of anilines is 1. The van der Waals surface area contributed by atoms with Crippen LogP contribution in [-0.2, 0) is 14.8 Å². The molecule has 35 heavy (non-hydrogen) atoms. The standard InChI is InChI=1S/C26H25FN4O3S/c1-16-4-3-5-18(12-16)25-23(15-35(28,33)34)17(2)26(32)30(25)22-10-11-24-19(13-22)14-29-31(24)21-8-6-20(27)7-9-21/h3-14,17,23,25H,15H2,1-2H3,(H2,28,33,34)/t17-,23+,25+/m1/s1. The molecule has 2 heterocycles. The zero-order valence-electron chi connectivity index (χ0n) is 19.3. The molecule has 7 nitrogen and oxygen atoms in total. The third kappa shape index (κ3) is 4.33. The van der Waals surface area contributed by atoms with Crippen molar-refractivity contribution in [2.75, 3.05) is 10.7 Å². The Labute approximate surface area is 203 Å². The molecule has 1 fully saturated rings. The Morgan fingerprint density at radius 1 is 1.03 bits per heavy atom. The lowest BCUT2D eigenvalue weighted by Crippen LogP contribution is -2.31. The summed E-state index contributed by atoms with van der Waals surface area (Å²) in [5.74, 6) is -1.81. The van der Waals surface area contributed by atoms with E-state index in [4.69, 9.17) is 5.14 Å². The van der Waals surface area contributed by atoms with Crippen LogP contribution in [0, 0.1) is 24.6 Å². The van der Waals surface area contributed by atoms with Gasteiger partial charge >= 0.3 is 0 Å². The monoisotopic (exact) mass is 492 g/mol. The minimum Gasteiger partial charge on any atom is -0.304 e. The summed E-state index contributed by atoms with van der Waals surface area (Å²) < 4.78 is 39.2. The molecule has 180 valence electrons. The molecule has 0 radical (unpaired) electrons. The van der Waals surface area contributed by atoms with Crippen LogP contribution >= 0.6 is 0 Å². The number of rotatable bonds is 5. The molecule has 3 aromatic carbocycles. The molecule has 1 aliphatic heterocycles. The lowest BCUT2D eigenvalue weighted by atomic mass is 9.88. The number of aromatic nitrogens is 2. The van der Waals surface area contributed by atoms with Gasteiger partial charge in [-0.05, 0) is 55.0 Å². The molecule has 0 spiro atoms. The number of nitrogens with zero attached hydrogens (tertiary/aromatic N) is 3. The van der Waals surface area contributed by atoms with Crippen molar-refractivity contribution in [2.45, 2.75) is 19.9 Å². The van der Waals surface area contributed by atoms with E-state index in [1.54, 1.807) is 34.8 Å². The van der Waals surface area contributed by atoms with E-state index >= 15 is 0 Å². The molecule has 5 rings (SSSR count). The largest absolute Gasteiger partial charge is 0.304 e. The second kappa shape index (κ2) is 8.58. The Kier molecular flexibility index (Phi) is 5.69. The normalized spacial score (nSPS) is 20.6. The van der Waals surface area contributed by atoms with Gasteiger partial charge in [-0.1, -0.05) is 36.8 Å². The highest BCUT2D eigenvalue weighted by atomic mass is 32.2. The van der Waals surface area contributed by atoms with E-state index in [1.165, 1.54) is 12.1 Å². The number of carbonyl (C=O) groups excluding carboxylic acids is 1. The van der Waals surface area contributed by atoms with E-state index in [0.29, 0.717) is 11.4 Å². The molecule has 1 aliphatic rings. The van der Waals surface area contributed by atoms with Crippen LogP contribution in [0.15, 0.2) is 72.9 Å². The highest BCUT2D eigenvalue weighted by Crippen LogP contribution is 2.45. The summed E-state index contributed by atoms with van der Waals surface area (Å²) in [6.07, 6.45) is 1.69. The lowest BCUT2D eigenvalue weighted by Gasteiger charge is -2.29. The second-order valence-electron chi connectivity index (χ2n) is 9.13. The molecule has 9 heteroatoms.